The highest BCUT2D eigenvalue weighted by atomic mass is 32.1. The highest BCUT2D eigenvalue weighted by Crippen LogP contribution is 2.24. The van der Waals surface area contributed by atoms with Gasteiger partial charge in [-0.15, -0.1) is 11.3 Å². The minimum atomic E-state index is 0.339. The van der Waals surface area contributed by atoms with Gasteiger partial charge in [-0.1, -0.05) is 13.8 Å². The zero-order valence-electron chi connectivity index (χ0n) is 14.1. The van der Waals surface area contributed by atoms with Gasteiger partial charge in [0.2, 0.25) is 0 Å². The molecule has 0 radical (unpaired) electrons. The van der Waals surface area contributed by atoms with Crippen LogP contribution in [0.1, 0.15) is 30.8 Å². The Bertz CT molecular complexity index is 711. The van der Waals surface area contributed by atoms with Crippen LogP contribution in [0.2, 0.25) is 0 Å². The van der Waals surface area contributed by atoms with E-state index in [9.17, 15) is 0 Å². The Labute approximate surface area is 146 Å². The maximum atomic E-state index is 8.37. The number of anilines is 2. The Kier molecular flexibility index (Phi) is 5.11. The number of nitrogens with two attached hydrogens (primary N) is 1. The molecule has 1 aliphatic heterocycles. The molecule has 24 heavy (non-hydrogen) atoms. The van der Waals surface area contributed by atoms with Gasteiger partial charge in [0.25, 0.3) is 0 Å². The molecule has 4 N–H and O–H groups in total. The van der Waals surface area contributed by atoms with Crippen LogP contribution in [0.4, 0.5) is 11.6 Å². The van der Waals surface area contributed by atoms with Crippen molar-refractivity contribution in [3.8, 4) is 0 Å². The van der Waals surface area contributed by atoms with Crippen molar-refractivity contribution >= 4 is 28.7 Å². The number of nitrogen functional groups attached to an aromatic ring is 1. The molecule has 3 rings (SSSR count). The highest BCUT2D eigenvalue weighted by Gasteiger charge is 2.23. The minimum Gasteiger partial charge on any atom is -0.383 e. The van der Waals surface area contributed by atoms with Crippen LogP contribution in [0.5, 0.6) is 0 Å². The van der Waals surface area contributed by atoms with E-state index in [0.717, 1.165) is 31.9 Å². The number of hydrogen-bond donors (Lipinski definition) is 3. The molecule has 1 fully saturated rings. The van der Waals surface area contributed by atoms with E-state index in [2.05, 4.69) is 34.0 Å². The number of nitrogens with one attached hydrogen (secondary N) is 2. The SMILES string of the molecule is CC(C)CC1CN(c2csc(C(=N)c3cccnc3N)n2)CCN1. The molecular weight excluding hydrogens is 320 g/mol. The van der Waals surface area contributed by atoms with Crippen molar-refractivity contribution in [2.45, 2.75) is 26.3 Å². The quantitative estimate of drug-likeness (QED) is 0.724. The third kappa shape index (κ3) is 3.73. The van der Waals surface area contributed by atoms with Gasteiger partial charge in [-0.05, 0) is 24.5 Å². The maximum Gasteiger partial charge on any atom is 0.144 e. The first-order chi connectivity index (χ1) is 11.5. The Hall–Kier alpha value is -1.99. The van der Waals surface area contributed by atoms with E-state index in [1.54, 1.807) is 12.3 Å². The topological polar surface area (TPSA) is 90.9 Å². The highest BCUT2D eigenvalue weighted by molar-refractivity contribution is 7.12. The fourth-order valence-electron chi connectivity index (χ4n) is 3.03. The Morgan fingerprint density at radius 1 is 1.54 bits per heavy atom. The zero-order valence-corrected chi connectivity index (χ0v) is 14.9. The lowest BCUT2D eigenvalue weighted by Crippen LogP contribution is -2.51. The molecule has 0 amide bonds. The van der Waals surface area contributed by atoms with Gasteiger partial charge in [0, 0.05) is 42.8 Å². The van der Waals surface area contributed by atoms with Gasteiger partial charge in [0.1, 0.15) is 22.4 Å². The second-order valence-corrected chi connectivity index (χ2v) is 7.41. The molecule has 1 saturated heterocycles. The number of hydrogen-bond acceptors (Lipinski definition) is 7. The predicted molar refractivity (Wildman–Crippen MR) is 100 cm³/mol. The van der Waals surface area contributed by atoms with Crippen molar-refractivity contribution in [2.75, 3.05) is 30.3 Å². The van der Waals surface area contributed by atoms with E-state index in [0.29, 0.717) is 34.1 Å². The van der Waals surface area contributed by atoms with Gasteiger partial charge in [0.15, 0.2) is 0 Å². The van der Waals surface area contributed by atoms with Crippen molar-refractivity contribution < 1.29 is 0 Å². The van der Waals surface area contributed by atoms with E-state index < -0.39 is 0 Å². The molecule has 0 aromatic carbocycles. The summed E-state index contributed by atoms with van der Waals surface area (Å²) in [6.45, 7) is 7.38. The summed E-state index contributed by atoms with van der Waals surface area (Å²) in [4.78, 5) is 11.0. The number of nitrogens with zero attached hydrogens (tertiary/aromatic N) is 3. The second-order valence-electron chi connectivity index (χ2n) is 6.55. The summed E-state index contributed by atoms with van der Waals surface area (Å²) in [5.41, 5.74) is 6.85. The van der Waals surface area contributed by atoms with E-state index >= 15 is 0 Å². The average molecular weight is 344 g/mol. The predicted octanol–water partition coefficient (Wildman–Crippen LogP) is 2.36. The zero-order chi connectivity index (χ0) is 17.1. The van der Waals surface area contributed by atoms with Crippen molar-refractivity contribution in [3.63, 3.8) is 0 Å². The summed E-state index contributed by atoms with van der Waals surface area (Å²) in [5, 5.41) is 14.7. The van der Waals surface area contributed by atoms with Crippen LogP contribution in [0.3, 0.4) is 0 Å². The summed E-state index contributed by atoms with van der Waals surface area (Å²) < 4.78 is 0. The summed E-state index contributed by atoms with van der Waals surface area (Å²) in [6.07, 6.45) is 2.80. The molecule has 128 valence electrons. The second kappa shape index (κ2) is 7.27. The maximum absolute atomic E-state index is 8.37. The Morgan fingerprint density at radius 2 is 2.38 bits per heavy atom. The number of rotatable bonds is 5. The summed E-state index contributed by atoms with van der Waals surface area (Å²) in [7, 11) is 0. The van der Waals surface area contributed by atoms with Crippen LogP contribution < -0.4 is 16.0 Å². The van der Waals surface area contributed by atoms with Crippen LogP contribution in [0.25, 0.3) is 0 Å². The molecule has 0 bridgehead atoms. The summed E-state index contributed by atoms with van der Waals surface area (Å²) in [5.74, 6) is 2.01. The first-order valence-corrected chi connectivity index (χ1v) is 9.16. The van der Waals surface area contributed by atoms with Gasteiger partial charge >= 0.3 is 0 Å². The first kappa shape index (κ1) is 16.9. The molecule has 2 aromatic heterocycles. The van der Waals surface area contributed by atoms with Gasteiger partial charge in [-0.3, -0.25) is 5.41 Å². The minimum absolute atomic E-state index is 0.339. The van der Waals surface area contributed by atoms with Crippen molar-refractivity contribution in [3.05, 3.63) is 34.3 Å². The molecule has 1 atom stereocenters. The smallest absolute Gasteiger partial charge is 0.144 e. The third-order valence-corrected chi connectivity index (χ3v) is 5.00. The summed E-state index contributed by atoms with van der Waals surface area (Å²) in [6, 6.07) is 4.11. The van der Waals surface area contributed by atoms with Crippen molar-refractivity contribution in [1.29, 1.82) is 5.41 Å². The van der Waals surface area contributed by atoms with Crippen LogP contribution in [0, 0.1) is 11.3 Å². The molecule has 0 saturated carbocycles. The molecule has 1 aliphatic rings. The molecule has 6 nitrogen and oxygen atoms in total. The lowest BCUT2D eigenvalue weighted by molar-refractivity contribution is 0.387. The lowest BCUT2D eigenvalue weighted by atomic mass is 10.0. The van der Waals surface area contributed by atoms with Gasteiger partial charge in [-0.25, -0.2) is 9.97 Å². The van der Waals surface area contributed by atoms with Crippen LogP contribution in [0.15, 0.2) is 23.7 Å². The van der Waals surface area contributed by atoms with E-state index in [1.807, 2.05) is 11.4 Å². The first-order valence-electron chi connectivity index (χ1n) is 8.28. The number of piperazine rings is 1. The van der Waals surface area contributed by atoms with Gasteiger partial charge < -0.3 is 16.0 Å². The van der Waals surface area contributed by atoms with E-state index in [1.165, 1.54) is 11.3 Å². The van der Waals surface area contributed by atoms with E-state index in [-0.39, 0.29) is 0 Å². The normalized spacial score (nSPS) is 18.1. The Balaban J connectivity index is 1.73. The fourth-order valence-corrected chi connectivity index (χ4v) is 3.82. The van der Waals surface area contributed by atoms with Crippen LogP contribution >= 0.6 is 11.3 Å². The van der Waals surface area contributed by atoms with E-state index in [4.69, 9.17) is 11.1 Å². The lowest BCUT2D eigenvalue weighted by Gasteiger charge is -2.34. The molecule has 0 spiro atoms. The fraction of sp³-hybridized carbons (Fsp3) is 0.471. The van der Waals surface area contributed by atoms with Crippen LogP contribution in [-0.4, -0.2) is 41.4 Å². The monoisotopic (exact) mass is 344 g/mol. The standard InChI is InChI=1S/C17H24N6S/c1-11(2)8-12-9-23(7-6-20-12)14-10-24-17(22-14)15(18)13-4-3-5-21-16(13)19/h3-5,10-12,18,20H,6-9H2,1-2H3,(H2,19,21). The molecule has 7 heteroatoms. The van der Waals surface area contributed by atoms with Gasteiger partial charge in [0.05, 0.1) is 0 Å². The number of aromatic nitrogens is 2. The summed E-state index contributed by atoms with van der Waals surface area (Å²) >= 11 is 1.49. The largest absolute Gasteiger partial charge is 0.383 e. The third-order valence-electron chi connectivity index (χ3n) is 4.15. The van der Waals surface area contributed by atoms with Crippen molar-refractivity contribution in [1.82, 2.24) is 15.3 Å². The molecular formula is C17H24N6S. The number of pyridine rings is 1. The van der Waals surface area contributed by atoms with Gasteiger partial charge in [-0.2, -0.15) is 0 Å². The molecule has 1 unspecified atom stereocenters. The van der Waals surface area contributed by atoms with Crippen LogP contribution in [-0.2, 0) is 0 Å². The molecule has 0 aliphatic carbocycles. The number of thiazole rings is 1. The van der Waals surface area contributed by atoms with Crippen molar-refractivity contribution in [2.24, 2.45) is 5.92 Å². The molecule has 3 heterocycles. The average Bonchev–Trinajstić information content (AvgIpc) is 3.04. The Morgan fingerprint density at radius 3 is 3.12 bits per heavy atom. The molecule has 2 aromatic rings.